The van der Waals surface area contributed by atoms with Gasteiger partial charge in [0.1, 0.15) is 23.2 Å². The van der Waals surface area contributed by atoms with Gasteiger partial charge in [-0.1, -0.05) is 0 Å². The number of nitrogens with zero attached hydrogens (tertiary/aromatic N) is 5. The van der Waals surface area contributed by atoms with Crippen molar-refractivity contribution in [3.63, 3.8) is 0 Å². The van der Waals surface area contributed by atoms with Crippen LogP contribution in [0.4, 0.5) is 5.82 Å². The molecule has 2 aromatic rings. The van der Waals surface area contributed by atoms with Crippen molar-refractivity contribution in [1.82, 2.24) is 24.8 Å². The average molecular weight is 422 g/mol. The van der Waals surface area contributed by atoms with E-state index in [4.69, 9.17) is 5.73 Å². The molecule has 4 fully saturated rings. The largest absolute Gasteiger partial charge is 0.405 e. The van der Waals surface area contributed by atoms with Crippen molar-refractivity contribution < 1.29 is 9.59 Å². The second-order valence-corrected chi connectivity index (χ2v) is 9.42. The lowest BCUT2D eigenvalue weighted by Gasteiger charge is -2.44. The maximum Gasteiger partial charge on any atom is 0.238 e. The summed E-state index contributed by atoms with van der Waals surface area (Å²) in [5.41, 5.74) is 6.52. The second kappa shape index (κ2) is 6.45. The van der Waals surface area contributed by atoms with Crippen LogP contribution < -0.4 is 10.6 Å². The number of rotatable bonds is 3. The van der Waals surface area contributed by atoms with Gasteiger partial charge >= 0.3 is 0 Å². The molecule has 6 rings (SSSR count). The van der Waals surface area contributed by atoms with E-state index < -0.39 is 5.41 Å². The van der Waals surface area contributed by atoms with E-state index in [1.54, 1.807) is 12.5 Å². The van der Waals surface area contributed by atoms with E-state index in [-0.39, 0.29) is 17.4 Å². The van der Waals surface area contributed by atoms with Gasteiger partial charge in [0.2, 0.25) is 11.8 Å². The Labute approximate surface area is 180 Å². The van der Waals surface area contributed by atoms with Gasteiger partial charge in [0.15, 0.2) is 0 Å². The number of fused-ring (bicyclic) bond motifs is 1. The highest BCUT2D eigenvalue weighted by Gasteiger charge is 2.64. The smallest absolute Gasteiger partial charge is 0.238 e. The number of aromatic nitrogens is 3. The summed E-state index contributed by atoms with van der Waals surface area (Å²) >= 11 is 0. The number of hydrogen-bond acceptors (Lipinski definition) is 6. The fourth-order valence-electron chi connectivity index (χ4n) is 5.35. The molecular weight excluding hydrogens is 394 g/mol. The molecule has 9 heteroatoms. The monoisotopic (exact) mass is 421 g/mol. The summed E-state index contributed by atoms with van der Waals surface area (Å²) < 4.78 is 0. The van der Waals surface area contributed by atoms with E-state index in [2.05, 4.69) is 19.9 Å². The zero-order chi connectivity index (χ0) is 21.2. The standard InChI is InChI=1S/C22H27N7O2/c23-11-15-2-8-27(12-15)19(30)22(5-6-22)20(31)29-10-9-28(13-21(29)3-4-21)18-16-1-7-24-17(16)25-14-26-18/h1,7,11,14H,2-6,8-10,12-13,23H2,(H,24,25,26). The van der Waals surface area contributed by atoms with E-state index >= 15 is 0 Å². The Morgan fingerprint density at radius 1 is 1.10 bits per heavy atom. The Hall–Kier alpha value is -3.10. The number of nitrogens with two attached hydrogens (primary N) is 1. The maximum atomic E-state index is 13.7. The Bertz CT molecular complexity index is 1100. The summed E-state index contributed by atoms with van der Waals surface area (Å²) in [6.45, 7) is 3.31. The highest BCUT2D eigenvalue weighted by molar-refractivity contribution is 6.08. The van der Waals surface area contributed by atoms with Crippen LogP contribution in [0.5, 0.6) is 0 Å². The highest BCUT2D eigenvalue weighted by atomic mass is 16.2. The Balaban J connectivity index is 1.22. The molecule has 0 radical (unpaired) electrons. The van der Waals surface area contributed by atoms with Gasteiger partial charge in [-0.3, -0.25) is 9.59 Å². The summed E-state index contributed by atoms with van der Waals surface area (Å²) in [7, 11) is 0. The number of amides is 2. The Morgan fingerprint density at radius 2 is 1.94 bits per heavy atom. The third-order valence-electron chi connectivity index (χ3n) is 7.54. The van der Waals surface area contributed by atoms with Gasteiger partial charge < -0.3 is 25.4 Å². The molecule has 3 N–H and O–H groups in total. The molecule has 2 aromatic heterocycles. The number of nitrogens with one attached hydrogen (secondary N) is 1. The van der Waals surface area contributed by atoms with E-state index in [9.17, 15) is 9.59 Å². The molecule has 2 amide bonds. The summed E-state index contributed by atoms with van der Waals surface area (Å²) in [4.78, 5) is 45.1. The van der Waals surface area contributed by atoms with E-state index in [0.29, 0.717) is 39.0 Å². The molecule has 4 aliphatic rings. The van der Waals surface area contributed by atoms with Gasteiger partial charge in [-0.2, -0.15) is 0 Å². The van der Waals surface area contributed by atoms with Crippen LogP contribution in [0, 0.1) is 5.41 Å². The van der Waals surface area contributed by atoms with E-state index in [1.807, 2.05) is 22.1 Å². The van der Waals surface area contributed by atoms with Crippen LogP contribution in [0.15, 0.2) is 30.4 Å². The molecule has 0 unspecified atom stereocenters. The summed E-state index contributed by atoms with van der Waals surface area (Å²) in [5, 5.41) is 1.00. The Kier molecular flexibility index (Phi) is 3.88. The molecular formula is C22H27N7O2. The van der Waals surface area contributed by atoms with Crippen molar-refractivity contribution >= 4 is 28.7 Å². The minimum atomic E-state index is -0.843. The lowest BCUT2D eigenvalue weighted by atomic mass is 9.99. The van der Waals surface area contributed by atoms with Crippen LogP contribution in [0.25, 0.3) is 11.0 Å². The number of hydrogen-bond donors (Lipinski definition) is 2. The lowest BCUT2D eigenvalue weighted by molar-refractivity contribution is -0.151. The second-order valence-electron chi connectivity index (χ2n) is 9.42. The van der Waals surface area contributed by atoms with Crippen LogP contribution in [-0.4, -0.2) is 74.8 Å². The number of anilines is 1. The van der Waals surface area contributed by atoms with Crippen LogP contribution in [0.2, 0.25) is 0 Å². The van der Waals surface area contributed by atoms with Crippen LogP contribution in [0.1, 0.15) is 32.1 Å². The maximum absolute atomic E-state index is 13.7. The average Bonchev–Trinajstić information content (AvgIpc) is 3.64. The fraction of sp³-hybridized carbons (Fsp3) is 0.545. The first-order valence-electron chi connectivity index (χ1n) is 11.1. The van der Waals surface area contributed by atoms with Crippen molar-refractivity contribution in [2.24, 2.45) is 11.1 Å². The minimum Gasteiger partial charge on any atom is -0.405 e. The van der Waals surface area contributed by atoms with Gasteiger partial charge in [-0.15, -0.1) is 0 Å². The van der Waals surface area contributed by atoms with Crippen molar-refractivity contribution in [2.45, 2.75) is 37.6 Å². The molecule has 2 aliphatic carbocycles. The molecule has 2 saturated carbocycles. The normalized spacial score (nSPS) is 24.9. The number of H-pyrrole nitrogens is 1. The van der Waals surface area contributed by atoms with Gasteiger partial charge in [-0.05, 0) is 49.9 Å². The Morgan fingerprint density at radius 3 is 2.65 bits per heavy atom. The number of piperazine rings is 1. The molecule has 31 heavy (non-hydrogen) atoms. The minimum absolute atomic E-state index is 0.00240. The quantitative estimate of drug-likeness (QED) is 0.715. The molecule has 4 heterocycles. The summed E-state index contributed by atoms with van der Waals surface area (Å²) in [5.74, 6) is 0.951. The first kappa shape index (κ1) is 18.7. The van der Waals surface area contributed by atoms with Crippen molar-refractivity contribution in [2.75, 3.05) is 37.6 Å². The first-order chi connectivity index (χ1) is 15.1. The van der Waals surface area contributed by atoms with Gasteiger partial charge in [0, 0.05) is 38.9 Å². The molecule has 1 spiro atoms. The lowest BCUT2D eigenvalue weighted by Crippen LogP contribution is -2.60. The summed E-state index contributed by atoms with van der Waals surface area (Å²) in [6.07, 6.45) is 9.15. The molecule has 0 atom stereocenters. The molecule has 0 bridgehead atoms. The molecule has 2 aliphatic heterocycles. The van der Waals surface area contributed by atoms with Crippen LogP contribution in [0.3, 0.4) is 0 Å². The topological polar surface area (TPSA) is 111 Å². The van der Waals surface area contributed by atoms with Crippen molar-refractivity contribution in [3.8, 4) is 0 Å². The predicted molar refractivity (Wildman–Crippen MR) is 115 cm³/mol. The predicted octanol–water partition coefficient (Wildman–Crippen LogP) is 0.994. The zero-order valence-corrected chi connectivity index (χ0v) is 17.5. The number of carbonyl (C=O) groups is 2. The third kappa shape index (κ3) is 2.75. The number of aromatic amines is 1. The van der Waals surface area contributed by atoms with Crippen LogP contribution in [-0.2, 0) is 9.59 Å². The van der Waals surface area contributed by atoms with Gasteiger partial charge in [0.05, 0.1) is 10.9 Å². The van der Waals surface area contributed by atoms with Crippen molar-refractivity contribution in [3.05, 3.63) is 30.4 Å². The summed E-state index contributed by atoms with van der Waals surface area (Å²) in [6, 6.07) is 2.00. The van der Waals surface area contributed by atoms with Crippen molar-refractivity contribution in [1.29, 1.82) is 0 Å². The number of carbonyl (C=O) groups excluding carboxylic acids is 2. The number of likely N-dealkylation sites (tertiary alicyclic amines) is 1. The van der Waals surface area contributed by atoms with Gasteiger partial charge in [0.25, 0.3) is 0 Å². The first-order valence-corrected chi connectivity index (χ1v) is 11.1. The molecule has 0 aromatic carbocycles. The van der Waals surface area contributed by atoms with Crippen LogP contribution >= 0.6 is 0 Å². The molecule has 162 valence electrons. The highest BCUT2D eigenvalue weighted by Crippen LogP contribution is 2.54. The van der Waals surface area contributed by atoms with E-state index in [0.717, 1.165) is 48.2 Å². The van der Waals surface area contributed by atoms with Gasteiger partial charge in [-0.25, -0.2) is 9.97 Å². The molecule has 2 saturated heterocycles. The molecule has 9 nitrogen and oxygen atoms in total. The van der Waals surface area contributed by atoms with E-state index in [1.165, 1.54) is 0 Å². The SMILES string of the molecule is NC=C1CCN(C(=O)C2(C(=O)N3CCN(c4ncnc5[nH]ccc45)CC34CC4)CC2)C1. The fourth-order valence-corrected chi connectivity index (χ4v) is 5.35. The zero-order valence-electron chi connectivity index (χ0n) is 17.5. The third-order valence-corrected chi connectivity index (χ3v) is 7.54.